The number of carbonyl (C=O) groups excluding carboxylic acids is 1. The Hall–Kier alpha value is -3.24. The summed E-state index contributed by atoms with van der Waals surface area (Å²) in [5.74, 6) is -1.27. The van der Waals surface area contributed by atoms with E-state index in [1.165, 1.54) is 37.4 Å². The highest BCUT2D eigenvalue weighted by molar-refractivity contribution is 8.00. The number of halogens is 4. The molecule has 2 heterocycles. The van der Waals surface area contributed by atoms with Crippen molar-refractivity contribution in [3.63, 3.8) is 0 Å². The Morgan fingerprint density at radius 2 is 2.00 bits per heavy atom. The molecular formula is C21H13ClF3N3O3S. The summed E-state index contributed by atoms with van der Waals surface area (Å²) in [6.07, 6.45) is -3.22. The second-order valence-electron chi connectivity index (χ2n) is 6.75. The number of alkyl halides is 3. The van der Waals surface area contributed by atoms with Crippen LogP contribution in [0, 0.1) is 6.92 Å². The molecule has 0 spiro atoms. The number of nitrogens with one attached hydrogen (secondary N) is 2. The lowest BCUT2D eigenvalue weighted by atomic mass is 10.1. The number of aryl methyl sites for hydroxylation is 1. The number of fused-ring (bicyclic) bond motifs is 1. The molecular weight excluding hydrogens is 467 g/mol. The van der Waals surface area contributed by atoms with Gasteiger partial charge in [0, 0.05) is 11.1 Å². The van der Waals surface area contributed by atoms with E-state index < -0.39 is 23.3 Å². The zero-order chi connectivity index (χ0) is 23.0. The number of oxazole rings is 1. The van der Waals surface area contributed by atoms with Crippen LogP contribution >= 0.6 is 23.5 Å². The van der Waals surface area contributed by atoms with E-state index in [2.05, 4.69) is 14.7 Å². The second kappa shape index (κ2) is 8.36. The summed E-state index contributed by atoms with van der Waals surface area (Å²) in [4.78, 5) is 31.5. The predicted octanol–water partition coefficient (Wildman–Crippen LogP) is 5.85. The summed E-state index contributed by atoms with van der Waals surface area (Å²) >= 11 is 6.89. The van der Waals surface area contributed by atoms with E-state index in [0.717, 1.165) is 18.0 Å². The molecule has 6 nitrogen and oxygen atoms in total. The van der Waals surface area contributed by atoms with Gasteiger partial charge in [0.1, 0.15) is 5.69 Å². The number of aromatic nitrogens is 2. The number of rotatable bonds is 5. The van der Waals surface area contributed by atoms with Crippen molar-refractivity contribution >= 4 is 46.1 Å². The monoisotopic (exact) mass is 479 g/mol. The van der Waals surface area contributed by atoms with E-state index in [4.69, 9.17) is 16.0 Å². The fourth-order valence-corrected chi connectivity index (χ4v) is 3.92. The van der Waals surface area contributed by atoms with Gasteiger partial charge in [-0.2, -0.15) is 13.2 Å². The summed E-state index contributed by atoms with van der Waals surface area (Å²) in [5.41, 5.74) is 0.0165. The number of H-pyrrole nitrogens is 1. The SMILES string of the molecule is Cc1ccc(SNc2cc(Cl)cnc2C(=O)c2cccc3[nH]c(=O)oc23)cc1C(F)(F)F. The Bertz CT molecular complexity index is 1400. The molecule has 4 rings (SSSR count). The first kappa shape index (κ1) is 22.0. The van der Waals surface area contributed by atoms with Gasteiger partial charge in [0.2, 0.25) is 5.78 Å². The molecule has 0 unspecified atom stereocenters. The van der Waals surface area contributed by atoms with Crippen molar-refractivity contribution in [3.8, 4) is 0 Å². The number of carbonyl (C=O) groups is 1. The van der Waals surface area contributed by atoms with E-state index in [-0.39, 0.29) is 38.0 Å². The molecule has 0 radical (unpaired) electrons. The summed E-state index contributed by atoms with van der Waals surface area (Å²) in [5, 5.41) is 0.218. The minimum atomic E-state index is -4.49. The maximum Gasteiger partial charge on any atom is 0.417 e. The van der Waals surface area contributed by atoms with Gasteiger partial charge in [0.15, 0.2) is 5.58 Å². The average molecular weight is 480 g/mol. The fourth-order valence-electron chi connectivity index (χ4n) is 3.06. The summed E-state index contributed by atoms with van der Waals surface area (Å²) in [7, 11) is 0. The molecule has 0 saturated heterocycles. The van der Waals surface area contributed by atoms with Crippen LogP contribution in [0.25, 0.3) is 11.1 Å². The zero-order valence-corrected chi connectivity index (χ0v) is 17.8. The van der Waals surface area contributed by atoms with Crippen molar-refractivity contribution in [2.45, 2.75) is 18.0 Å². The van der Waals surface area contributed by atoms with Crippen molar-refractivity contribution in [1.29, 1.82) is 0 Å². The maximum absolute atomic E-state index is 13.2. The van der Waals surface area contributed by atoms with Gasteiger partial charge in [-0.05, 0) is 54.8 Å². The van der Waals surface area contributed by atoms with Crippen LogP contribution in [-0.4, -0.2) is 15.8 Å². The maximum atomic E-state index is 13.2. The number of para-hydroxylation sites is 1. The molecule has 32 heavy (non-hydrogen) atoms. The van der Waals surface area contributed by atoms with Gasteiger partial charge in [0.05, 0.1) is 27.4 Å². The highest BCUT2D eigenvalue weighted by Gasteiger charge is 2.32. The largest absolute Gasteiger partial charge is 0.417 e. The van der Waals surface area contributed by atoms with Crippen LogP contribution in [0.1, 0.15) is 27.2 Å². The number of hydrogen-bond donors (Lipinski definition) is 2. The molecule has 0 amide bonds. The van der Waals surface area contributed by atoms with Gasteiger partial charge in [0.25, 0.3) is 0 Å². The lowest BCUT2D eigenvalue weighted by Gasteiger charge is -2.13. The van der Waals surface area contributed by atoms with E-state index in [1.807, 2.05) is 0 Å². The van der Waals surface area contributed by atoms with Crippen molar-refractivity contribution in [3.05, 3.63) is 86.6 Å². The quantitative estimate of drug-likeness (QED) is 0.276. The minimum absolute atomic E-state index is 0.0404. The van der Waals surface area contributed by atoms with E-state index in [0.29, 0.717) is 5.52 Å². The van der Waals surface area contributed by atoms with Gasteiger partial charge in [-0.15, -0.1) is 0 Å². The predicted molar refractivity (Wildman–Crippen MR) is 115 cm³/mol. The normalized spacial score (nSPS) is 11.7. The smallest absolute Gasteiger partial charge is 0.407 e. The van der Waals surface area contributed by atoms with Crippen molar-refractivity contribution in [1.82, 2.24) is 9.97 Å². The first-order chi connectivity index (χ1) is 15.1. The molecule has 2 aromatic carbocycles. The molecule has 0 fully saturated rings. The van der Waals surface area contributed by atoms with Gasteiger partial charge in [-0.25, -0.2) is 9.78 Å². The third-order valence-electron chi connectivity index (χ3n) is 4.55. The molecule has 164 valence electrons. The minimum Gasteiger partial charge on any atom is -0.407 e. The van der Waals surface area contributed by atoms with Crippen LogP contribution in [0.15, 0.2) is 62.8 Å². The van der Waals surface area contributed by atoms with Crippen LogP contribution < -0.4 is 10.5 Å². The Morgan fingerprint density at radius 1 is 1.22 bits per heavy atom. The lowest BCUT2D eigenvalue weighted by molar-refractivity contribution is -0.138. The Balaban J connectivity index is 1.68. The topological polar surface area (TPSA) is 88.0 Å². The summed E-state index contributed by atoms with van der Waals surface area (Å²) in [6, 6.07) is 9.97. The van der Waals surface area contributed by atoms with Crippen LogP contribution in [0.5, 0.6) is 0 Å². The molecule has 2 aromatic heterocycles. The van der Waals surface area contributed by atoms with E-state index >= 15 is 0 Å². The van der Waals surface area contributed by atoms with Gasteiger partial charge < -0.3 is 9.14 Å². The Morgan fingerprint density at radius 3 is 2.75 bits per heavy atom. The van der Waals surface area contributed by atoms with E-state index in [1.54, 1.807) is 12.1 Å². The van der Waals surface area contributed by atoms with Gasteiger partial charge in [-0.1, -0.05) is 23.7 Å². The number of aromatic amines is 1. The number of hydrogen-bond acceptors (Lipinski definition) is 6. The summed E-state index contributed by atoms with van der Waals surface area (Å²) in [6.45, 7) is 1.38. The van der Waals surface area contributed by atoms with Crippen LogP contribution in [-0.2, 0) is 6.18 Å². The van der Waals surface area contributed by atoms with Gasteiger partial charge >= 0.3 is 11.9 Å². The Kier molecular flexibility index (Phi) is 5.74. The second-order valence-corrected chi connectivity index (χ2v) is 8.07. The molecule has 0 atom stereocenters. The highest BCUT2D eigenvalue weighted by Crippen LogP contribution is 2.35. The Labute approximate surface area is 187 Å². The molecule has 0 saturated carbocycles. The molecule has 0 aliphatic rings. The first-order valence-electron chi connectivity index (χ1n) is 9.06. The molecule has 0 bridgehead atoms. The number of nitrogens with zero attached hydrogens (tertiary/aromatic N) is 1. The number of benzene rings is 2. The van der Waals surface area contributed by atoms with E-state index in [9.17, 15) is 22.8 Å². The van der Waals surface area contributed by atoms with Crippen LogP contribution in [0.4, 0.5) is 18.9 Å². The van der Waals surface area contributed by atoms with Crippen molar-refractivity contribution in [2.24, 2.45) is 0 Å². The van der Waals surface area contributed by atoms with Crippen LogP contribution in [0.3, 0.4) is 0 Å². The number of anilines is 1. The molecule has 11 heteroatoms. The molecule has 0 aliphatic carbocycles. The fraction of sp³-hybridized carbons (Fsp3) is 0.0952. The van der Waals surface area contributed by atoms with Crippen LogP contribution in [0.2, 0.25) is 5.02 Å². The standard InChI is InChI=1S/C21H13ClF3N3O3S/c1-10-5-6-12(8-14(10)21(23,24)25)32-28-16-7-11(22)9-26-17(16)18(29)13-3-2-4-15-19(13)31-20(30)27-15/h2-9,28H,1H3,(H,27,30). The average Bonchev–Trinajstić information content (AvgIpc) is 3.12. The third-order valence-corrected chi connectivity index (χ3v) is 5.57. The first-order valence-corrected chi connectivity index (χ1v) is 10.3. The molecule has 4 aromatic rings. The number of pyridine rings is 1. The molecule has 0 aliphatic heterocycles. The molecule has 2 N–H and O–H groups in total. The number of ketones is 1. The van der Waals surface area contributed by atoms with Crippen molar-refractivity contribution < 1.29 is 22.4 Å². The highest BCUT2D eigenvalue weighted by atomic mass is 35.5. The van der Waals surface area contributed by atoms with Gasteiger partial charge in [-0.3, -0.25) is 9.78 Å². The van der Waals surface area contributed by atoms with Crippen molar-refractivity contribution in [2.75, 3.05) is 4.72 Å². The third kappa shape index (κ3) is 4.37. The summed E-state index contributed by atoms with van der Waals surface area (Å²) < 4.78 is 47.5. The zero-order valence-electron chi connectivity index (χ0n) is 16.2. The lowest BCUT2D eigenvalue weighted by Crippen LogP contribution is -2.09.